The van der Waals surface area contributed by atoms with E-state index >= 15 is 0 Å². The molecule has 1 aliphatic rings. The van der Waals surface area contributed by atoms with Gasteiger partial charge in [0.2, 0.25) is 0 Å². The number of para-hydroxylation sites is 2. The highest BCUT2D eigenvalue weighted by molar-refractivity contribution is 6.19. The van der Waals surface area contributed by atoms with Crippen molar-refractivity contribution < 1.29 is 0 Å². The third-order valence-electron chi connectivity index (χ3n) is 8.35. The van der Waals surface area contributed by atoms with Crippen molar-refractivity contribution in [2.24, 2.45) is 0 Å². The van der Waals surface area contributed by atoms with Gasteiger partial charge < -0.3 is 0 Å². The summed E-state index contributed by atoms with van der Waals surface area (Å²) in [6.45, 7) is 0. The van der Waals surface area contributed by atoms with Gasteiger partial charge in [-0.05, 0) is 45.3 Å². The van der Waals surface area contributed by atoms with Crippen molar-refractivity contribution in [3.8, 4) is 22.4 Å². The van der Waals surface area contributed by atoms with E-state index in [0.717, 1.165) is 44.9 Å². The molecule has 0 aliphatic carbocycles. The lowest BCUT2D eigenvalue weighted by Gasteiger charge is -2.34. The zero-order valence-electron chi connectivity index (χ0n) is 22.1. The Morgan fingerprint density at radius 1 is 0.415 bits per heavy atom. The van der Waals surface area contributed by atoms with E-state index in [-0.39, 0.29) is 0 Å². The van der Waals surface area contributed by atoms with E-state index in [1.807, 2.05) is 12.1 Å². The van der Waals surface area contributed by atoms with Crippen LogP contribution < -0.4 is 4.90 Å². The van der Waals surface area contributed by atoms with Crippen LogP contribution in [0.5, 0.6) is 0 Å². The second-order valence-corrected chi connectivity index (χ2v) is 10.6. The molecule has 0 fully saturated rings. The number of aromatic nitrogens is 2. The Morgan fingerprint density at radius 2 is 1.02 bits per heavy atom. The summed E-state index contributed by atoms with van der Waals surface area (Å²) in [5.74, 6) is 0.833. The molecule has 8 aromatic rings. The molecule has 7 aromatic carbocycles. The summed E-state index contributed by atoms with van der Waals surface area (Å²) < 4.78 is 0. The van der Waals surface area contributed by atoms with E-state index in [1.165, 1.54) is 38.1 Å². The van der Waals surface area contributed by atoms with Crippen LogP contribution in [0.3, 0.4) is 0 Å². The first-order valence-corrected chi connectivity index (χ1v) is 13.9. The fraction of sp³-hybridized carbons (Fsp3) is 0. The highest BCUT2D eigenvalue weighted by Gasteiger charge is 2.31. The van der Waals surface area contributed by atoms with Gasteiger partial charge in [0.15, 0.2) is 5.82 Å². The van der Waals surface area contributed by atoms with Crippen LogP contribution in [0.15, 0.2) is 140 Å². The van der Waals surface area contributed by atoms with Gasteiger partial charge in [-0.2, -0.15) is 0 Å². The molecule has 0 bridgehead atoms. The van der Waals surface area contributed by atoms with E-state index < -0.39 is 0 Å². The van der Waals surface area contributed by atoms with Gasteiger partial charge in [-0.3, -0.25) is 4.90 Å². The molecule has 3 nitrogen and oxygen atoms in total. The number of hydrogen-bond acceptors (Lipinski definition) is 3. The van der Waals surface area contributed by atoms with Crippen molar-refractivity contribution >= 4 is 60.5 Å². The van der Waals surface area contributed by atoms with Crippen LogP contribution in [0.2, 0.25) is 0 Å². The minimum Gasteiger partial charge on any atom is -0.291 e. The van der Waals surface area contributed by atoms with E-state index in [1.54, 1.807) is 0 Å². The monoisotopic (exact) mass is 521 g/mol. The second kappa shape index (κ2) is 8.48. The summed E-state index contributed by atoms with van der Waals surface area (Å²) in [6, 6.07) is 49.5. The first-order chi connectivity index (χ1) is 20.3. The minimum absolute atomic E-state index is 0.833. The van der Waals surface area contributed by atoms with Crippen LogP contribution in [-0.4, -0.2) is 9.97 Å². The first kappa shape index (κ1) is 22.3. The number of rotatable bonds is 2. The van der Waals surface area contributed by atoms with Crippen molar-refractivity contribution in [3.63, 3.8) is 0 Å². The molecule has 0 amide bonds. The zero-order chi connectivity index (χ0) is 26.9. The Hall–Kier alpha value is -5.54. The largest absolute Gasteiger partial charge is 0.291 e. The van der Waals surface area contributed by atoms with Gasteiger partial charge in [-0.15, -0.1) is 0 Å². The molecule has 0 N–H and O–H groups in total. The average molecular weight is 522 g/mol. The van der Waals surface area contributed by atoms with Gasteiger partial charge in [0, 0.05) is 21.9 Å². The predicted octanol–water partition coefficient (Wildman–Crippen LogP) is 10.2. The molecule has 41 heavy (non-hydrogen) atoms. The number of nitrogens with zero attached hydrogens (tertiary/aromatic N) is 3. The number of benzene rings is 7. The molecule has 0 saturated heterocycles. The quantitative estimate of drug-likeness (QED) is 0.227. The summed E-state index contributed by atoms with van der Waals surface area (Å²) in [4.78, 5) is 13.1. The standard InChI is InChI=1S/C38H23N3/c1-3-15-27-24(10-1)12-7-18-30(27)36-38(40-33-20-6-5-19-32(33)39-36)41-34-21-9-14-26-13-8-17-29(35(26)34)31-23-22-25-11-2-4-16-28(25)37(31)41/h1-23H. The predicted molar refractivity (Wildman–Crippen MR) is 171 cm³/mol. The second-order valence-electron chi connectivity index (χ2n) is 10.6. The Bertz CT molecular complexity index is 2330. The zero-order valence-corrected chi connectivity index (χ0v) is 22.1. The summed E-state index contributed by atoms with van der Waals surface area (Å²) in [5, 5.41) is 7.18. The van der Waals surface area contributed by atoms with E-state index in [2.05, 4.69) is 132 Å². The summed E-state index contributed by atoms with van der Waals surface area (Å²) in [6.07, 6.45) is 0. The molecule has 0 atom stereocenters. The van der Waals surface area contributed by atoms with Crippen LogP contribution in [-0.2, 0) is 0 Å². The number of hydrogen-bond donors (Lipinski definition) is 0. The molecule has 0 spiro atoms. The number of fused-ring (bicyclic) bond motifs is 6. The molecule has 9 rings (SSSR count). The van der Waals surface area contributed by atoms with Gasteiger partial charge in [0.25, 0.3) is 0 Å². The maximum absolute atomic E-state index is 5.41. The summed E-state index contributed by atoms with van der Waals surface area (Å²) >= 11 is 0. The molecule has 1 aromatic heterocycles. The molecule has 0 saturated carbocycles. The molecule has 1 aliphatic heterocycles. The highest BCUT2D eigenvalue weighted by atomic mass is 15.2. The molecular weight excluding hydrogens is 498 g/mol. The maximum atomic E-state index is 5.41. The molecular formula is C38H23N3. The van der Waals surface area contributed by atoms with Gasteiger partial charge in [0.05, 0.1) is 22.4 Å². The van der Waals surface area contributed by atoms with Gasteiger partial charge in [-0.1, -0.05) is 121 Å². The summed E-state index contributed by atoms with van der Waals surface area (Å²) in [7, 11) is 0. The Kier molecular flexibility index (Phi) is 4.61. The lowest BCUT2D eigenvalue weighted by atomic mass is 9.88. The van der Waals surface area contributed by atoms with E-state index in [4.69, 9.17) is 9.97 Å². The van der Waals surface area contributed by atoms with Crippen molar-refractivity contribution in [3.05, 3.63) is 140 Å². The van der Waals surface area contributed by atoms with E-state index in [0.29, 0.717) is 0 Å². The summed E-state index contributed by atoms with van der Waals surface area (Å²) in [5.41, 5.74) is 8.41. The topological polar surface area (TPSA) is 29.0 Å². The SMILES string of the molecule is c1ccc2c(-c3nc4ccccc4nc3N3c4c(ccc5ccccc45)-c4cccc5cccc3c45)cccc2c1. The van der Waals surface area contributed by atoms with Crippen molar-refractivity contribution in [2.75, 3.05) is 4.90 Å². The lowest BCUT2D eigenvalue weighted by Crippen LogP contribution is -2.18. The Balaban J connectivity index is 1.48. The molecule has 3 heteroatoms. The van der Waals surface area contributed by atoms with E-state index in [9.17, 15) is 0 Å². The Labute approximate surface area is 237 Å². The molecule has 0 unspecified atom stereocenters. The van der Waals surface area contributed by atoms with Crippen LogP contribution in [0.1, 0.15) is 0 Å². The fourth-order valence-electron chi connectivity index (χ4n) is 6.55. The maximum Gasteiger partial charge on any atom is 0.165 e. The highest BCUT2D eigenvalue weighted by Crippen LogP contribution is 2.54. The van der Waals surface area contributed by atoms with Crippen molar-refractivity contribution in [1.82, 2.24) is 9.97 Å². The molecule has 190 valence electrons. The van der Waals surface area contributed by atoms with Crippen LogP contribution in [0.4, 0.5) is 17.2 Å². The van der Waals surface area contributed by atoms with Crippen molar-refractivity contribution in [1.29, 1.82) is 0 Å². The minimum atomic E-state index is 0.833. The third-order valence-corrected chi connectivity index (χ3v) is 8.35. The van der Waals surface area contributed by atoms with Crippen molar-refractivity contribution in [2.45, 2.75) is 0 Å². The first-order valence-electron chi connectivity index (χ1n) is 13.9. The van der Waals surface area contributed by atoms with Crippen LogP contribution in [0.25, 0.3) is 65.7 Å². The average Bonchev–Trinajstić information content (AvgIpc) is 3.04. The smallest absolute Gasteiger partial charge is 0.165 e. The fourth-order valence-corrected chi connectivity index (χ4v) is 6.55. The normalized spacial score (nSPS) is 12.3. The van der Waals surface area contributed by atoms with Crippen LogP contribution in [0, 0.1) is 0 Å². The van der Waals surface area contributed by atoms with Gasteiger partial charge in [-0.25, -0.2) is 9.97 Å². The molecule has 2 heterocycles. The van der Waals surface area contributed by atoms with Gasteiger partial charge >= 0.3 is 0 Å². The molecule has 0 radical (unpaired) electrons. The Morgan fingerprint density at radius 3 is 1.85 bits per heavy atom. The number of anilines is 3. The van der Waals surface area contributed by atoms with Gasteiger partial charge in [0.1, 0.15) is 5.69 Å². The third kappa shape index (κ3) is 3.20. The van der Waals surface area contributed by atoms with Crippen LogP contribution >= 0.6 is 0 Å². The lowest BCUT2D eigenvalue weighted by molar-refractivity contribution is 1.18.